The lowest BCUT2D eigenvalue weighted by atomic mass is 10.3. The second-order valence-electron chi connectivity index (χ2n) is 2.27. The van der Waals surface area contributed by atoms with E-state index < -0.39 is 5.97 Å². The van der Waals surface area contributed by atoms with Crippen molar-refractivity contribution in [2.24, 2.45) is 5.73 Å². The Morgan fingerprint density at radius 1 is 1.62 bits per heavy atom. The molecule has 0 radical (unpaired) electrons. The van der Waals surface area contributed by atoms with Crippen molar-refractivity contribution < 1.29 is 9.90 Å². The molecular weight excluding hydrogens is 168 g/mol. The molecule has 4 nitrogen and oxygen atoms in total. The first-order valence-electron chi connectivity index (χ1n) is 4.02. The van der Waals surface area contributed by atoms with E-state index in [-0.39, 0.29) is 6.54 Å². The highest BCUT2D eigenvalue weighted by Gasteiger charge is 1.81. The van der Waals surface area contributed by atoms with Gasteiger partial charge in [0.2, 0.25) is 0 Å². The fourth-order valence-electron chi connectivity index (χ4n) is 0.607. The van der Waals surface area contributed by atoms with Gasteiger partial charge in [0.05, 0.1) is 6.54 Å². The zero-order chi connectivity index (χ0) is 10.1. The molecule has 72 valence electrons. The third-order valence-corrected chi connectivity index (χ3v) is 1.26. The lowest BCUT2D eigenvalue weighted by Crippen LogP contribution is -2.10. The third kappa shape index (κ3) is 6.96. The van der Waals surface area contributed by atoms with E-state index in [0.29, 0.717) is 0 Å². The summed E-state index contributed by atoms with van der Waals surface area (Å²) in [7, 11) is 0. The molecule has 1 heterocycles. The van der Waals surface area contributed by atoms with Crippen LogP contribution in [0.15, 0.2) is 24.4 Å². The van der Waals surface area contributed by atoms with Crippen LogP contribution in [0.1, 0.15) is 12.6 Å². The van der Waals surface area contributed by atoms with Crippen molar-refractivity contribution in [1.29, 1.82) is 0 Å². The van der Waals surface area contributed by atoms with Crippen molar-refractivity contribution in [2.45, 2.75) is 13.3 Å². The molecule has 0 fully saturated rings. The summed E-state index contributed by atoms with van der Waals surface area (Å²) in [6, 6.07) is 5.96. The zero-order valence-electron chi connectivity index (χ0n) is 7.60. The number of rotatable bonds is 2. The molecule has 1 aromatic rings. The Hall–Kier alpha value is -1.42. The predicted octanol–water partition coefficient (Wildman–Crippen LogP) is 0.674. The zero-order valence-corrected chi connectivity index (χ0v) is 7.60. The minimum Gasteiger partial charge on any atom is -0.480 e. The Balaban J connectivity index is 0.000000252. The van der Waals surface area contributed by atoms with Gasteiger partial charge in [-0.3, -0.25) is 9.78 Å². The minimum absolute atomic E-state index is 0.278. The molecule has 0 spiro atoms. The monoisotopic (exact) mass is 182 g/mol. The van der Waals surface area contributed by atoms with Crippen LogP contribution in [0, 0.1) is 0 Å². The number of nitrogens with zero attached hydrogens (tertiary/aromatic N) is 1. The molecule has 0 unspecified atom stereocenters. The number of hydrogen-bond acceptors (Lipinski definition) is 3. The molecule has 3 N–H and O–H groups in total. The minimum atomic E-state index is -0.968. The van der Waals surface area contributed by atoms with Crippen LogP contribution in [0.2, 0.25) is 0 Å². The summed E-state index contributed by atoms with van der Waals surface area (Å²) in [5.41, 5.74) is 5.73. The van der Waals surface area contributed by atoms with Gasteiger partial charge >= 0.3 is 5.97 Å². The Bertz CT molecular complexity index is 237. The molecule has 0 saturated heterocycles. The van der Waals surface area contributed by atoms with Crippen LogP contribution in [-0.2, 0) is 11.2 Å². The molecule has 0 atom stereocenters. The molecule has 0 saturated carbocycles. The lowest BCUT2D eigenvalue weighted by Gasteiger charge is -1.88. The van der Waals surface area contributed by atoms with Crippen LogP contribution < -0.4 is 5.73 Å². The number of aliphatic carboxylic acids is 1. The Kier molecular flexibility index (Phi) is 6.45. The highest BCUT2D eigenvalue weighted by atomic mass is 16.4. The van der Waals surface area contributed by atoms with E-state index in [9.17, 15) is 4.79 Å². The fourth-order valence-corrected chi connectivity index (χ4v) is 0.607. The molecule has 0 aliphatic rings. The summed E-state index contributed by atoms with van der Waals surface area (Å²) in [4.78, 5) is 13.3. The maximum absolute atomic E-state index is 9.24. The van der Waals surface area contributed by atoms with Crippen LogP contribution in [0.3, 0.4) is 0 Å². The molecule has 0 bridgehead atoms. The molecule has 4 heteroatoms. The predicted molar refractivity (Wildman–Crippen MR) is 50.3 cm³/mol. The number of carboxylic acids is 1. The normalized spacial score (nSPS) is 8.46. The first-order valence-corrected chi connectivity index (χ1v) is 4.02. The molecular formula is C9H14N2O2. The lowest BCUT2D eigenvalue weighted by molar-refractivity contribution is -0.135. The Morgan fingerprint density at radius 3 is 2.46 bits per heavy atom. The standard InChI is InChI=1S/C7H9N.C2H5NO2/c1-2-7-5-3-4-6-8-7;3-1-2(4)5/h3-6H,2H2,1H3;1,3H2,(H,4,5). The van der Waals surface area contributed by atoms with E-state index in [4.69, 9.17) is 5.11 Å². The Labute approximate surface area is 77.4 Å². The highest BCUT2D eigenvalue weighted by Crippen LogP contribution is 1.91. The number of aryl methyl sites for hydroxylation is 1. The van der Waals surface area contributed by atoms with Gasteiger partial charge in [-0.25, -0.2) is 0 Å². The van der Waals surface area contributed by atoms with E-state index in [1.807, 2.05) is 24.4 Å². The average Bonchev–Trinajstić information content (AvgIpc) is 2.20. The summed E-state index contributed by atoms with van der Waals surface area (Å²) in [6.07, 6.45) is 2.85. The summed E-state index contributed by atoms with van der Waals surface area (Å²) in [5, 5.41) is 7.60. The van der Waals surface area contributed by atoms with Gasteiger partial charge in [-0.05, 0) is 18.6 Å². The van der Waals surface area contributed by atoms with E-state index in [2.05, 4.69) is 17.6 Å². The number of nitrogens with two attached hydrogens (primary N) is 1. The van der Waals surface area contributed by atoms with Crippen molar-refractivity contribution in [3.8, 4) is 0 Å². The second kappa shape index (κ2) is 7.24. The molecule has 0 aliphatic heterocycles. The van der Waals surface area contributed by atoms with Gasteiger partial charge < -0.3 is 10.8 Å². The van der Waals surface area contributed by atoms with Crippen molar-refractivity contribution in [3.05, 3.63) is 30.1 Å². The third-order valence-electron chi connectivity index (χ3n) is 1.26. The van der Waals surface area contributed by atoms with Crippen LogP contribution >= 0.6 is 0 Å². The molecule has 0 amide bonds. The van der Waals surface area contributed by atoms with Crippen molar-refractivity contribution in [3.63, 3.8) is 0 Å². The number of aromatic nitrogens is 1. The topological polar surface area (TPSA) is 76.2 Å². The molecule has 13 heavy (non-hydrogen) atoms. The average molecular weight is 182 g/mol. The quantitative estimate of drug-likeness (QED) is 0.705. The molecule has 1 aromatic heterocycles. The fraction of sp³-hybridized carbons (Fsp3) is 0.333. The van der Waals surface area contributed by atoms with Crippen LogP contribution in [-0.4, -0.2) is 22.6 Å². The van der Waals surface area contributed by atoms with Gasteiger partial charge in [-0.1, -0.05) is 13.0 Å². The summed E-state index contributed by atoms with van der Waals surface area (Å²) in [5.74, 6) is -0.968. The van der Waals surface area contributed by atoms with Gasteiger partial charge in [0.15, 0.2) is 0 Å². The largest absolute Gasteiger partial charge is 0.480 e. The van der Waals surface area contributed by atoms with E-state index in [0.717, 1.165) is 12.1 Å². The second-order valence-corrected chi connectivity index (χ2v) is 2.27. The molecule has 0 aliphatic carbocycles. The summed E-state index contributed by atoms with van der Waals surface area (Å²) < 4.78 is 0. The molecule has 0 aromatic carbocycles. The number of hydrogen-bond donors (Lipinski definition) is 2. The maximum Gasteiger partial charge on any atom is 0.317 e. The van der Waals surface area contributed by atoms with Crippen LogP contribution in [0.25, 0.3) is 0 Å². The van der Waals surface area contributed by atoms with Gasteiger partial charge in [-0.15, -0.1) is 0 Å². The van der Waals surface area contributed by atoms with Gasteiger partial charge in [0.1, 0.15) is 0 Å². The van der Waals surface area contributed by atoms with E-state index in [1.54, 1.807) is 0 Å². The molecule has 1 rings (SSSR count). The van der Waals surface area contributed by atoms with Gasteiger partial charge in [0.25, 0.3) is 0 Å². The van der Waals surface area contributed by atoms with Crippen LogP contribution in [0.5, 0.6) is 0 Å². The first kappa shape index (κ1) is 11.6. The summed E-state index contributed by atoms with van der Waals surface area (Å²) in [6.45, 7) is 1.82. The number of carboxylic acid groups (broad SMARTS) is 1. The highest BCUT2D eigenvalue weighted by molar-refractivity contribution is 5.68. The van der Waals surface area contributed by atoms with Crippen LogP contribution in [0.4, 0.5) is 0 Å². The summed E-state index contributed by atoms with van der Waals surface area (Å²) >= 11 is 0. The number of pyridine rings is 1. The maximum atomic E-state index is 9.24. The van der Waals surface area contributed by atoms with Crippen molar-refractivity contribution in [2.75, 3.05) is 6.54 Å². The van der Waals surface area contributed by atoms with Crippen molar-refractivity contribution in [1.82, 2.24) is 4.98 Å². The van der Waals surface area contributed by atoms with Crippen molar-refractivity contribution >= 4 is 5.97 Å². The smallest absolute Gasteiger partial charge is 0.317 e. The van der Waals surface area contributed by atoms with Gasteiger partial charge in [-0.2, -0.15) is 0 Å². The Morgan fingerprint density at radius 2 is 2.23 bits per heavy atom. The first-order chi connectivity index (χ1) is 6.20. The number of carbonyl (C=O) groups is 1. The van der Waals surface area contributed by atoms with E-state index >= 15 is 0 Å². The van der Waals surface area contributed by atoms with Gasteiger partial charge in [0, 0.05) is 11.9 Å². The van der Waals surface area contributed by atoms with E-state index in [1.165, 1.54) is 0 Å². The SMILES string of the molecule is CCc1ccccn1.NCC(=O)O.